The second kappa shape index (κ2) is 6.50. The van der Waals surface area contributed by atoms with Crippen molar-refractivity contribution in [3.63, 3.8) is 0 Å². The van der Waals surface area contributed by atoms with E-state index in [-0.39, 0.29) is 40.2 Å². The molecule has 8 nitrogen and oxygen atoms in total. The molecule has 1 aromatic carbocycles. The van der Waals surface area contributed by atoms with Crippen molar-refractivity contribution >= 4 is 38.8 Å². The lowest BCUT2D eigenvalue weighted by Gasteiger charge is -2.04. The quantitative estimate of drug-likeness (QED) is 0.373. The van der Waals surface area contributed by atoms with Crippen molar-refractivity contribution in [2.75, 3.05) is 6.54 Å². The molecule has 1 aromatic heterocycles. The van der Waals surface area contributed by atoms with Crippen LogP contribution in [0.2, 0.25) is 0 Å². The minimum absolute atomic E-state index is 0.195. The average Bonchev–Trinajstić information content (AvgIpc) is 2.46. The fraction of sp³-hybridized carbons (Fsp3) is 0.154. The first-order chi connectivity index (χ1) is 10.4. The Morgan fingerprint density at radius 1 is 1.32 bits per heavy atom. The maximum Gasteiger partial charge on any atom is 0.295 e. The summed E-state index contributed by atoms with van der Waals surface area (Å²) in [5, 5.41) is 7.69. The topological polar surface area (TPSA) is 126 Å². The molecule has 2 rings (SSSR count). The second-order valence-corrected chi connectivity index (χ2v) is 5.66. The first-order valence-corrected chi connectivity index (χ1v) is 7.55. The standard InChI is InChI=1S/C13H11N3O5S/c17-7-5-9(18)8-15-16-11-3-4-12(22(19,20)21)10-2-1-6-14-13(10)11/h1-4,6-7H,5,8H2,(H,19,20,21). The molecule has 22 heavy (non-hydrogen) atoms. The van der Waals surface area contributed by atoms with E-state index >= 15 is 0 Å². The zero-order chi connectivity index (χ0) is 16.2. The number of ketones is 1. The van der Waals surface area contributed by atoms with Gasteiger partial charge in [0.2, 0.25) is 0 Å². The van der Waals surface area contributed by atoms with Gasteiger partial charge in [-0.25, -0.2) is 0 Å². The Kier molecular flexibility index (Phi) is 4.68. The van der Waals surface area contributed by atoms with E-state index in [2.05, 4.69) is 15.2 Å². The number of nitrogens with zero attached hydrogens (tertiary/aromatic N) is 3. The van der Waals surface area contributed by atoms with Crippen molar-refractivity contribution in [1.82, 2.24) is 4.98 Å². The van der Waals surface area contributed by atoms with E-state index in [0.717, 1.165) is 0 Å². The largest absolute Gasteiger partial charge is 0.303 e. The van der Waals surface area contributed by atoms with Crippen LogP contribution in [0.25, 0.3) is 10.9 Å². The SMILES string of the molecule is O=CCC(=O)CN=Nc1ccc(S(=O)(=O)O)c2cccnc12. The summed E-state index contributed by atoms with van der Waals surface area (Å²) in [4.78, 5) is 25.1. The van der Waals surface area contributed by atoms with Gasteiger partial charge in [0.1, 0.15) is 23.4 Å². The van der Waals surface area contributed by atoms with Crippen molar-refractivity contribution in [3.05, 3.63) is 30.5 Å². The van der Waals surface area contributed by atoms with Crippen molar-refractivity contribution in [2.45, 2.75) is 11.3 Å². The number of fused-ring (bicyclic) bond motifs is 1. The summed E-state index contributed by atoms with van der Waals surface area (Å²) in [6, 6.07) is 5.50. The maximum atomic E-state index is 11.3. The summed E-state index contributed by atoms with van der Waals surface area (Å²) >= 11 is 0. The molecule has 114 valence electrons. The molecule has 0 amide bonds. The van der Waals surface area contributed by atoms with Crippen LogP contribution in [-0.4, -0.2) is 36.6 Å². The summed E-state index contributed by atoms with van der Waals surface area (Å²) in [7, 11) is -4.39. The molecule has 0 aliphatic heterocycles. The Morgan fingerprint density at radius 2 is 2.09 bits per heavy atom. The molecule has 9 heteroatoms. The number of Topliss-reactive ketones (excluding diaryl/α,β-unsaturated/α-hetero) is 1. The summed E-state index contributed by atoms with van der Waals surface area (Å²) < 4.78 is 31.9. The molecule has 1 N–H and O–H groups in total. The average molecular weight is 321 g/mol. The normalized spacial score (nSPS) is 11.9. The Morgan fingerprint density at radius 3 is 2.77 bits per heavy atom. The Labute approximate surface area is 125 Å². The van der Waals surface area contributed by atoms with Crippen LogP contribution in [0.4, 0.5) is 5.69 Å². The van der Waals surface area contributed by atoms with E-state index in [1.807, 2.05) is 0 Å². The number of carbonyl (C=O) groups excluding carboxylic acids is 2. The molecule has 0 atom stereocenters. The van der Waals surface area contributed by atoms with Crippen LogP contribution in [0.3, 0.4) is 0 Å². The number of carbonyl (C=O) groups is 2. The van der Waals surface area contributed by atoms with Gasteiger partial charge in [-0.3, -0.25) is 14.3 Å². The number of hydrogen-bond donors (Lipinski definition) is 1. The summed E-state index contributed by atoms with van der Waals surface area (Å²) in [5.41, 5.74) is 0.478. The molecule has 0 bridgehead atoms. The van der Waals surface area contributed by atoms with Gasteiger partial charge in [-0.05, 0) is 24.3 Å². The first-order valence-electron chi connectivity index (χ1n) is 6.11. The number of pyridine rings is 1. The number of azo groups is 1. The third kappa shape index (κ3) is 3.57. The molecule has 0 aliphatic rings. The molecule has 0 spiro atoms. The fourth-order valence-corrected chi connectivity index (χ4v) is 2.47. The molecule has 0 radical (unpaired) electrons. The van der Waals surface area contributed by atoms with Crippen LogP contribution < -0.4 is 0 Å². The van der Waals surface area contributed by atoms with Gasteiger partial charge in [-0.15, -0.1) is 0 Å². The summed E-state index contributed by atoms with van der Waals surface area (Å²) in [6.07, 6.45) is 1.68. The van der Waals surface area contributed by atoms with Crippen molar-refractivity contribution < 1.29 is 22.6 Å². The van der Waals surface area contributed by atoms with Crippen molar-refractivity contribution in [3.8, 4) is 0 Å². The zero-order valence-corrected chi connectivity index (χ0v) is 12.0. The Bertz CT molecular complexity index is 861. The molecule has 0 unspecified atom stereocenters. The molecule has 0 saturated carbocycles. The summed E-state index contributed by atoms with van der Waals surface area (Å²) in [5.74, 6) is -0.384. The van der Waals surface area contributed by atoms with Crippen LogP contribution in [0.1, 0.15) is 6.42 Å². The van der Waals surface area contributed by atoms with Crippen LogP contribution in [0.5, 0.6) is 0 Å². The number of benzene rings is 1. The molecule has 0 aliphatic carbocycles. The first kappa shape index (κ1) is 15.9. The third-order valence-corrected chi connectivity index (χ3v) is 3.63. The Balaban J connectivity index is 2.43. The van der Waals surface area contributed by atoms with Crippen molar-refractivity contribution in [1.29, 1.82) is 0 Å². The predicted molar refractivity (Wildman–Crippen MR) is 76.6 cm³/mol. The molecular weight excluding hydrogens is 310 g/mol. The van der Waals surface area contributed by atoms with Gasteiger partial charge >= 0.3 is 0 Å². The number of aromatic nitrogens is 1. The monoisotopic (exact) mass is 321 g/mol. The van der Waals surface area contributed by atoms with E-state index in [1.165, 1.54) is 30.5 Å². The lowest BCUT2D eigenvalue weighted by atomic mass is 10.2. The van der Waals surface area contributed by atoms with Gasteiger partial charge in [-0.2, -0.15) is 18.6 Å². The fourth-order valence-electron chi connectivity index (χ4n) is 1.79. The van der Waals surface area contributed by atoms with Crippen LogP contribution >= 0.6 is 0 Å². The van der Waals surface area contributed by atoms with Crippen LogP contribution in [0.15, 0.2) is 45.6 Å². The molecule has 1 heterocycles. The lowest BCUT2D eigenvalue weighted by Crippen LogP contribution is -2.01. The number of hydrogen-bond acceptors (Lipinski definition) is 7. The molecule has 2 aromatic rings. The highest BCUT2D eigenvalue weighted by Gasteiger charge is 2.16. The van der Waals surface area contributed by atoms with Gasteiger partial charge < -0.3 is 4.79 Å². The van der Waals surface area contributed by atoms with Gasteiger partial charge in [0, 0.05) is 11.6 Å². The minimum atomic E-state index is -4.39. The van der Waals surface area contributed by atoms with Crippen molar-refractivity contribution in [2.24, 2.45) is 10.2 Å². The van der Waals surface area contributed by atoms with E-state index in [9.17, 15) is 22.6 Å². The highest BCUT2D eigenvalue weighted by molar-refractivity contribution is 7.86. The number of rotatable bonds is 6. The van der Waals surface area contributed by atoms with E-state index < -0.39 is 10.1 Å². The number of aldehydes is 1. The van der Waals surface area contributed by atoms with Gasteiger partial charge in [0.15, 0.2) is 5.78 Å². The lowest BCUT2D eigenvalue weighted by molar-refractivity contribution is -0.121. The summed E-state index contributed by atoms with van der Waals surface area (Å²) in [6.45, 7) is -0.257. The molecular formula is C13H11N3O5S. The maximum absolute atomic E-state index is 11.3. The van der Waals surface area contributed by atoms with Crippen LogP contribution in [-0.2, 0) is 19.7 Å². The van der Waals surface area contributed by atoms with E-state index in [1.54, 1.807) is 0 Å². The highest BCUT2D eigenvalue weighted by Crippen LogP contribution is 2.29. The molecule has 0 saturated heterocycles. The Hall–Kier alpha value is -2.52. The molecule has 0 fully saturated rings. The zero-order valence-electron chi connectivity index (χ0n) is 11.2. The van der Waals surface area contributed by atoms with Crippen LogP contribution in [0, 0.1) is 0 Å². The smallest absolute Gasteiger partial charge is 0.295 e. The predicted octanol–water partition coefficient (Wildman–Crippen LogP) is 1.72. The third-order valence-electron chi connectivity index (χ3n) is 2.72. The van der Waals surface area contributed by atoms with Gasteiger partial charge in [-0.1, -0.05) is 0 Å². The minimum Gasteiger partial charge on any atom is -0.303 e. The van der Waals surface area contributed by atoms with Gasteiger partial charge in [0.25, 0.3) is 10.1 Å². The highest BCUT2D eigenvalue weighted by atomic mass is 32.2. The second-order valence-electron chi connectivity index (χ2n) is 4.27. The van der Waals surface area contributed by atoms with E-state index in [0.29, 0.717) is 6.29 Å². The van der Waals surface area contributed by atoms with E-state index in [4.69, 9.17) is 0 Å². The van der Waals surface area contributed by atoms with Gasteiger partial charge in [0.05, 0.1) is 11.9 Å².